The van der Waals surface area contributed by atoms with Crippen LogP contribution in [0.1, 0.15) is 19.4 Å². The molecule has 1 amide bonds. The molecule has 3 aromatic rings. The zero-order valence-corrected chi connectivity index (χ0v) is 14.7. The van der Waals surface area contributed by atoms with Crippen LogP contribution in [0.15, 0.2) is 58.5 Å². The number of hydrogen-bond acceptors (Lipinski definition) is 6. The van der Waals surface area contributed by atoms with Crippen LogP contribution in [-0.4, -0.2) is 22.8 Å². The van der Waals surface area contributed by atoms with Crippen LogP contribution < -0.4 is 15.4 Å². The molecule has 1 heterocycles. The summed E-state index contributed by atoms with van der Waals surface area (Å²) >= 11 is 0. The molecule has 134 valence electrons. The number of carbonyl (C=O) groups excluding carboxylic acids is 1. The maximum absolute atomic E-state index is 11.9. The Bertz CT molecular complexity index is 924. The number of ether oxygens (including phenoxy) is 1. The number of benzene rings is 2. The zero-order chi connectivity index (χ0) is 18.4. The van der Waals surface area contributed by atoms with Gasteiger partial charge in [0, 0.05) is 13.1 Å². The van der Waals surface area contributed by atoms with E-state index in [4.69, 9.17) is 9.15 Å². The van der Waals surface area contributed by atoms with Crippen LogP contribution in [0.25, 0.3) is 10.8 Å². The SMILES string of the molecule is CC(C)=CCNc1nnc(OC(=O)NCc2cccc3ccccc23)o1. The summed E-state index contributed by atoms with van der Waals surface area (Å²) in [6, 6.07) is 14.1. The third-order valence-corrected chi connectivity index (χ3v) is 3.65. The van der Waals surface area contributed by atoms with E-state index in [0.717, 1.165) is 16.3 Å². The van der Waals surface area contributed by atoms with Crippen LogP contribution in [0.2, 0.25) is 0 Å². The molecule has 0 fully saturated rings. The topological polar surface area (TPSA) is 89.3 Å². The molecule has 0 saturated carbocycles. The second-order valence-electron chi connectivity index (χ2n) is 5.92. The number of amides is 1. The molecule has 0 bridgehead atoms. The van der Waals surface area contributed by atoms with Gasteiger partial charge in [-0.3, -0.25) is 0 Å². The molecule has 2 N–H and O–H groups in total. The van der Waals surface area contributed by atoms with E-state index in [1.54, 1.807) is 0 Å². The van der Waals surface area contributed by atoms with Crippen molar-refractivity contribution in [2.24, 2.45) is 0 Å². The second-order valence-corrected chi connectivity index (χ2v) is 5.92. The summed E-state index contributed by atoms with van der Waals surface area (Å²) in [5.74, 6) is 0. The van der Waals surface area contributed by atoms with Crippen LogP contribution in [0.3, 0.4) is 0 Å². The molecule has 2 aromatic carbocycles. The van der Waals surface area contributed by atoms with Gasteiger partial charge in [-0.15, -0.1) is 0 Å². The molecule has 0 saturated heterocycles. The maximum atomic E-state index is 11.9. The number of nitrogens with zero attached hydrogens (tertiary/aromatic N) is 2. The van der Waals surface area contributed by atoms with Crippen molar-refractivity contribution in [1.29, 1.82) is 0 Å². The van der Waals surface area contributed by atoms with Gasteiger partial charge in [-0.2, -0.15) is 0 Å². The van der Waals surface area contributed by atoms with Crippen molar-refractivity contribution >= 4 is 22.9 Å². The predicted molar refractivity (Wildman–Crippen MR) is 99.0 cm³/mol. The van der Waals surface area contributed by atoms with Crippen molar-refractivity contribution in [2.75, 3.05) is 11.9 Å². The van der Waals surface area contributed by atoms with E-state index in [1.165, 1.54) is 5.57 Å². The summed E-state index contributed by atoms with van der Waals surface area (Å²) in [6.45, 7) is 4.87. The molecule has 0 radical (unpaired) electrons. The predicted octanol–water partition coefficient (Wildman–Crippen LogP) is 3.89. The molecule has 0 aliphatic carbocycles. The molecule has 0 spiro atoms. The Morgan fingerprint density at radius 3 is 2.81 bits per heavy atom. The number of aromatic nitrogens is 2. The molecular formula is C19H20N4O3. The number of hydrogen-bond donors (Lipinski definition) is 2. The Balaban J connectivity index is 1.54. The van der Waals surface area contributed by atoms with Gasteiger partial charge in [0.15, 0.2) is 0 Å². The summed E-state index contributed by atoms with van der Waals surface area (Å²) in [7, 11) is 0. The van der Waals surface area contributed by atoms with Crippen LogP contribution in [0.4, 0.5) is 10.8 Å². The molecule has 0 atom stereocenters. The summed E-state index contributed by atoms with van der Waals surface area (Å²) in [5, 5.41) is 15.2. The van der Waals surface area contributed by atoms with Crippen molar-refractivity contribution in [1.82, 2.24) is 15.5 Å². The minimum atomic E-state index is -0.655. The largest absolute Gasteiger partial charge is 0.425 e. The number of carbonyl (C=O) groups is 1. The van der Waals surface area contributed by atoms with Crippen molar-refractivity contribution in [2.45, 2.75) is 20.4 Å². The first kappa shape index (κ1) is 17.5. The van der Waals surface area contributed by atoms with Gasteiger partial charge in [0.1, 0.15) is 0 Å². The average molecular weight is 352 g/mol. The van der Waals surface area contributed by atoms with Crippen LogP contribution >= 0.6 is 0 Å². The average Bonchev–Trinajstić information content (AvgIpc) is 3.06. The van der Waals surface area contributed by atoms with Crippen LogP contribution in [0, 0.1) is 0 Å². The monoisotopic (exact) mass is 352 g/mol. The Hall–Kier alpha value is -3.35. The highest BCUT2D eigenvalue weighted by Gasteiger charge is 2.12. The van der Waals surface area contributed by atoms with E-state index in [-0.39, 0.29) is 12.1 Å². The molecule has 0 unspecified atom stereocenters. The lowest BCUT2D eigenvalue weighted by molar-refractivity contribution is 0.184. The number of fused-ring (bicyclic) bond motifs is 1. The van der Waals surface area contributed by atoms with E-state index in [1.807, 2.05) is 62.4 Å². The summed E-state index contributed by atoms with van der Waals surface area (Å²) in [6.07, 6.45) is 1.11. The van der Waals surface area contributed by atoms with Crippen molar-refractivity contribution < 1.29 is 13.9 Å². The van der Waals surface area contributed by atoms with Gasteiger partial charge in [0.2, 0.25) is 0 Å². The van der Waals surface area contributed by atoms with E-state index < -0.39 is 6.09 Å². The Morgan fingerprint density at radius 2 is 1.96 bits per heavy atom. The smallest absolute Gasteiger partial charge is 0.374 e. The molecule has 1 aromatic heterocycles. The highest BCUT2D eigenvalue weighted by molar-refractivity contribution is 5.86. The van der Waals surface area contributed by atoms with E-state index in [0.29, 0.717) is 13.1 Å². The fourth-order valence-corrected chi connectivity index (χ4v) is 2.39. The van der Waals surface area contributed by atoms with Gasteiger partial charge < -0.3 is 19.8 Å². The molecule has 3 rings (SSSR count). The first-order valence-electron chi connectivity index (χ1n) is 8.25. The third kappa shape index (κ3) is 4.60. The number of anilines is 1. The second kappa shape index (κ2) is 8.15. The third-order valence-electron chi connectivity index (χ3n) is 3.65. The number of allylic oxidation sites excluding steroid dienone is 1. The normalized spacial score (nSPS) is 10.4. The Kier molecular flexibility index (Phi) is 5.48. The molecular weight excluding hydrogens is 332 g/mol. The summed E-state index contributed by atoms with van der Waals surface area (Å²) in [4.78, 5) is 11.9. The van der Waals surface area contributed by atoms with Crippen LogP contribution in [-0.2, 0) is 6.54 Å². The van der Waals surface area contributed by atoms with Gasteiger partial charge in [-0.25, -0.2) is 4.79 Å². The van der Waals surface area contributed by atoms with Gasteiger partial charge in [0.05, 0.1) is 0 Å². The van der Waals surface area contributed by atoms with Crippen molar-refractivity contribution in [3.05, 3.63) is 59.7 Å². The van der Waals surface area contributed by atoms with Crippen LogP contribution in [0.5, 0.6) is 6.08 Å². The number of nitrogens with one attached hydrogen (secondary N) is 2. The summed E-state index contributed by atoms with van der Waals surface area (Å²) in [5.41, 5.74) is 2.16. The molecule has 0 aliphatic rings. The van der Waals surface area contributed by atoms with Gasteiger partial charge >= 0.3 is 18.2 Å². The fourth-order valence-electron chi connectivity index (χ4n) is 2.39. The first-order valence-corrected chi connectivity index (χ1v) is 8.25. The fraction of sp³-hybridized carbons (Fsp3) is 0.211. The highest BCUT2D eigenvalue weighted by atomic mass is 16.6. The molecule has 26 heavy (non-hydrogen) atoms. The lowest BCUT2D eigenvalue weighted by Crippen LogP contribution is -2.26. The van der Waals surface area contributed by atoms with Crippen molar-refractivity contribution in [3.8, 4) is 6.08 Å². The molecule has 0 aliphatic heterocycles. The molecule has 7 nitrogen and oxygen atoms in total. The first-order chi connectivity index (χ1) is 12.6. The highest BCUT2D eigenvalue weighted by Crippen LogP contribution is 2.18. The Labute approximate surface area is 151 Å². The summed E-state index contributed by atoms with van der Waals surface area (Å²) < 4.78 is 10.2. The maximum Gasteiger partial charge on any atom is 0.425 e. The quantitative estimate of drug-likeness (QED) is 0.654. The van der Waals surface area contributed by atoms with Crippen molar-refractivity contribution in [3.63, 3.8) is 0 Å². The minimum Gasteiger partial charge on any atom is -0.374 e. The van der Waals surface area contributed by atoms with E-state index >= 15 is 0 Å². The Morgan fingerprint density at radius 1 is 1.15 bits per heavy atom. The van der Waals surface area contributed by atoms with Gasteiger partial charge in [-0.1, -0.05) is 64.3 Å². The number of rotatable bonds is 6. The van der Waals surface area contributed by atoms with Gasteiger partial charge in [-0.05, 0) is 30.2 Å². The minimum absolute atomic E-state index is 0.194. The molecule has 7 heteroatoms. The zero-order valence-electron chi connectivity index (χ0n) is 14.7. The lowest BCUT2D eigenvalue weighted by Gasteiger charge is -2.07. The van der Waals surface area contributed by atoms with Gasteiger partial charge in [0.25, 0.3) is 0 Å². The lowest BCUT2D eigenvalue weighted by atomic mass is 10.0. The van der Waals surface area contributed by atoms with E-state index in [9.17, 15) is 4.79 Å². The van der Waals surface area contributed by atoms with E-state index in [2.05, 4.69) is 20.8 Å². The standard InChI is InChI=1S/C19H20N4O3/c1-13(2)10-11-20-17-22-23-19(25-17)26-18(24)21-12-15-8-5-7-14-6-3-4-9-16(14)15/h3-10H,11-12H2,1-2H3,(H,20,22)(H,21,24).